The Morgan fingerprint density at radius 3 is 2.93 bits per heavy atom. The van der Waals surface area contributed by atoms with Gasteiger partial charge < -0.3 is 4.52 Å². The molecule has 0 unspecified atom stereocenters. The largest absolute Gasteiger partial charge is 0.366 e. The second-order valence-electron chi connectivity index (χ2n) is 2.93. The van der Waals surface area contributed by atoms with Crippen molar-refractivity contribution in [3.05, 3.63) is 34.2 Å². The highest BCUT2D eigenvalue weighted by molar-refractivity contribution is 5.95. The molecule has 0 aliphatic heterocycles. The summed E-state index contributed by atoms with van der Waals surface area (Å²) in [5, 5.41) is 0.365. The van der Waals surface area contributed by atoms with Gasteiger partial charge in [0, 0.05) is 5.56 Å². The van der Waals surface area contributed by atoms with Gasteiger partial charge in [0.25, 0.3) is 0 Å². The van der Waals surface area contributed by atoms with Crippen LogP contribution in [0.3, 0.4) is 0 Å². The summed E-state index contributed by atoms with van der Waals surface area (Å²) in [5.74, 6) is 0. The maximum Gasteiger partial charge on any atom is 0.366 e. The van der Waals surface area contributed by atoms with Crippen LogP contribution in [0, 0.1) is 0 Å². The van der Waals surface area contributed by atoms with Gasteiger partial charge >= 0.3 is 5.63 Å². The lowest BCUT2D eigenvalue weighted by Crippen LogP contribution is -1.95. The molecule has 0 aliphatic carbocycles. The van der Waals surface area contributed by atoms with Crippen molar-refractivity contribution in [2.24, 2.45) is 0 Å². The maximum absolute atomic E-state index is 11.4. The number of hydrogen-bond acceptors (Lipinski definition) is 3. The molecular formula is C10H9NO3. The molecule has 0 amide bonds. The Hall–Kier alpha value is -1.84. The van der Waals surface area contributed by atoms with E-state index in [4.69, 9.17) is 4.52 Å². The summed E-state index contributed by atoms with van der Waals surface area (Å²) in [6.07, 6.45) is 0.666. The highest BCUT2D eigenvalue weighted by Crippen LogP contribution is 2.14. The molecule has 2 aromatic rings. The zero-order chi connectivity index (χ0) is 10.1. The van der Waals surface area contributed by atoms with Crippen molar-refractivity contribution < 1.29 is 9.32 Å². The first-order chi connectivity index (χ1) is 6.77. The second-order valence-corrected chi connectivity index (χ2v) is 2.93. The highest BCUT2D eigenvalue weighted by Gasteiger charge is 2.10. The first-order valence-electron chi connectivity index (χ1n) is 4.36. The number of aromatic nitrogens is 1. The molecule has 0 aliphatic rings. The van der Waals surface area contributed by atoms with Crippen molar-refractivity contribution in [3.63, 3.8) is 0 Å². The third kappa shape index (κ3) is 1.08. The molecule has 0 N–H and O–H groups in total. The molecular weight excluding hydrogens is 182 g/mol. The molecule has 0 radical (unpaired) electrons. The molecule has 1 aromatic heterocycles. The number of rotatable bonds is 2. The lowest BCUT2D eigenvalue weighted by molar-refractivity contribution is 0.112. The smallest absolute Gasteiger partial charge is 0.335 e. The van der Waals surface area contributed by atoms with E-state index in [0.29, 0.717) is 29.3 Å². The van der Waals surface area contributed by atoms with Crippen LogP contribution in [0.15, 0.2) is 27.5 Å². The molecule has 0 spiro atoms. The fraction of sp³-hybridized carbons (Fsp3) is 0.200. The van der Waals surface area contributed by atoms with Gasteiger partial charge in [-0.25, -0.2) is 9.53 Å². The van der Waals surface area contributed by atoms with Gasteiger partial charge in [-0.15, -0.1) is 0 Å². The molecule has 2 rings (SSSR count). The summed E-state index contributed by atoms with van der Waals surface area (Å²) in [5.41, 5.74) is 0.593. The molecule has 1 aromatic carbocycles. The van der Waals surface area contributed by atoms with E-state index in [1.54, 1.807) is 18.2 Å². The van der Waals surface area contributed by atoms with Gasteiger partial charge in [-0.2, -0.15) is 0 Å². The number of aryl methyl sites for hydroxylation is 1. The number of benzene rings is 1. The van der Waals surface area contributed by atoms with Gasteiger partial charge in [0.2, 0.25) is 0 Å². The molecule has 4 heteroatoms. The van der Waals surface area contributed by atoms with Crippen molar-refractivity contribution >= 4 is 17.2 Å². The van der Waals surface area contributed by atoms with E-state index in [9.17, 15) is 9.59 Å². The topological polar surface area (TPSA) is 52.2 Å². The fourth-order valence-electron chi connectivity index (χ4n) is 1.52. The summed E-state index contributed by atoms with van der Waals surface area (Å²) in [7, 11) is 0. The van der Waals surface area contributed by atoms with Crippen LogP contribution in [0.4, 0.5) is 0 Å². The minimum Gasteiger partial charge on any atom is -0.335 e. The number of carbonyl (C=O) groups is 1. The first-order valence-corrected chi connectivity index (χ1v) is 4.36. The standard InChI is InChI=1S/C10H9NO3/c1-2-11-8-5-3-4-7(6-12)9(8)10(13)14-11/h3-6H,2H2,1H3. The van der Waals surface area contributed by atoms with Crippen molar-refractivity contribution in [1.82, 2.24) is 4.74 Å². The molecule has 14 heavy (non-hydrogen) atoms. The molecule has 72 valence electrons. The predicted octanol–water partition coefficient (Wildman–Crippen LogP) is 1.43. The van der Waals surface area contributed by atoms with Gasteiger partial charge in [0.15, 0.2) is 6.29 Å². The van der Waals surface area contributed by atoms with Gasteiger partial charge in [-0.1, -0.05) is 12.1 Å². The van der Waals surface area contributed by atoms with Crippen LogP contribution in [0.25, 0.3) is 10.9 Å². The van der Waals surface area contributed by atoms with Gasteiger partial charge in [0.1, 0.15) is 0 Å². The average Bonchev–Trinajstić information content (AvgIpc) is 2.55. The third-order valence-electron chi connectivity index (χ3n) is 2.15. The third-order valence-corrected chi connectivity index (χ3v) is 2.15. The van der Waals surface area contributed by atoms with Crippen molar-refractivity contribution in [1.29, 1.82) is 0 Å². The minimum absolute atomic E-state index is 0.365. The van der Waals surface area contributed by atoms with E-state index >= 15 is 0 Å². The Kier molecular flexibility index (Phi) is 1.96. The van der Waals surface area contributed by atoms with E-state index in [-0.39, 0.29) is 0 Å². The summed E-state index contributed by atoms with van der Waals surface area (Å²) < 4.78 is 6.44. The van der Waals surface area contributed by atoms with E-state index < -0.39 is 5.63 Å². The van der Waals surface area contributed by atoms with Crippen LogP contribution < -0.4 is 5.63 Å². The van der Waals surface area contributed by atoms with Gasteiger partial charge in [-0.05, 0) is 13.0 Å². The maximum atomic E-state index is 11.4. The monoisotopic (exact) mass is 191 g/mol. The zero-order valence-electron chi connectivity index (χ0n) is 7.69. The van der Waals surface area contributed by atoms with Crippen molar-refractivity contribution in [2.45, 2.75) is 13.5 Å². The number of aldehydes is 1. The molecule has 0 saturated heterocycles. The summed E-state index contributed by atoms with van der Waals surface area (Å²) in [6.45, 7) is 2.44. The number of fused-ring (bicyclic) bond motifs is 1. The normalized spacial score (nSPS) is 10.6. The Labute approximate surface area is 79.7 Å². The Morgan fingerprint density at radius 2 is 2.29 bits per heavy atom. The van der Waals surface area contributed by atoms with Gasteiger partial charge in [-0.3, -0.25) is 4.79 Å². The molecule has 0 fully saturated rings. The second kappa shape index (κ2) is 3.14. The highest BCUT2D eigenvalue weighted by atomic mass is 16.5. The van der Waals surface area contributed by atoms with Crippen LogP contribution in [-0.2, 0) is 6.54 Å². The van der Waals surface area contributed by atoms with Crippen LogP contribution in [0.1, 0.15) is 17.3 Å². The Balaban J connectivity index is 2.95. The molecule has 0 bridgehead atoms. The van der Waals surface area contributed by atoms with Crippen molar-refractivity contribution in [2.75, 3.05) is 0 Å². The first kappa shape index (κ1) is 8.74. The zero-order valence-corrected chi connectivity index (χ0v) is 7.69. The summed E-state index contributed by atoms with van der Waals surface area (Å²) >= 11 is 0. The SMILES string of the molecule is CCn1oc(=O)c2c(C=O)cccc21. The lowest BCUT2D eigenvalue weighted by atomic mass is 10.1. The average molecular weight is 191 g/mol. The quantitative estimate of drug-likeness (QED) is 0.674. The summed E-state index contributed by atoms with van der Waals surface area (Å²) in [4.78, 5) is 22.1. The number of carbonyl (C=O) groups excluding carboxylic acids is 1. The van der Waals surface area contributed by atoms with Crippen LogP contribution in [-0.4, -0.2) is 11.0 Å². The van der Waals surface area contributed by atoms with E-state index in [2.05, 4.69) is 0 Å². The minimum atomic E-state index is -0.454. The Bertz CT molecular complexity index is 536. The molecule has 0 atom stereocenters. The number of hydrogen-bond donors (Lipinski definition) is 0. The van der Waals surface area contributed by atoms with E-state index in [1.807, 2.05) is 6.92 Å². The lowest BCUT2D eigenvalue weighted by Gasteiger charge is -1.96. The molecule has 0 saturated carbocycles. The number of nitrogens with zero attached hydrogens (tertiary/aromatic N) is 1. The van der Waals surface area contributed by atoms with Gasteiger partial charge in [0.05, 0.1) is 17.4 Å². The van der Waals surface area contributed by atoms with Crippen LogP contribution in [0.5, 0.6) is 0 Å². The van der Waals surface area contributed by atoms with E-state index in [0.717, 1.165) is 0 Å². The fourth-order valence-corrected chi connectivity index (χ4v) is 1.52. The van der Waals surface area contributed by atoms with Crippen LogP contribution >= 0.6 is 0 Å². The Morgan fingerprint density at radius 1 is 1.50 bits per heavy atom. The van der Waals surface area contributed by atoms with Crippen molar-refractivity contribution in [3.8, 4) is 0 Å². The predicted molar refractivity (Wildman–Crippen MR) is 51.5 cm³/mol. The summed E-state index contributed by atoms with van der Waals surface area (Å²) in [6, 6.07) is 5.09. The van der Waals surface area contributed by atoms with E-state index in [1.165, 1.54) is 4.74 Å². The molecule has 1 heterocycles. The van der Waals surface area contributed by atoms with Crippen LogP contribution in [0.2, 0.25) is 0 Å². The molecule has 4 nitrogen and oxygen atoms in total.